The Morgan fingerprint density at radius 3 is 3.00 bits per heavy atom. The monoisotopic (exact) mass is 188 g/mol. The number of rotatable bonds is 3. The Hall–Kier alpha value is -0.190. The van der Waals surface area contributed by atoms with Crippen LogP contribution in [0.2, 0.25) is 0 Å². The van der Waals surface area contributed by atoms with Crippen molar-refractivity contribution < 1.29 is 4.74 Å². The summed E-state index contributed by atoms with van der Waals surface area (Å²) < 4.78 is 5.05. The van der Waals surface area contributed by atoms with Crippen molar-refractivity contribution in [3.8, 4) is 0 Å². The second kappa shape index (κ2) is 4.74. The first-order valence-electron chi connectivity index (χ1n) is 4.30. The Morgan fingerprint density at radius 2 is 2.42 bits per heavy atom. The maximum Gasteiger partial charge on any atom is 0.0950 e. The first kappa shape index (κ1) is 9.89. The van der Waals surface area contributed by atoms with Gasteiger partial charge in [-0.25, -0.2) is 0 Å². The molecule has 0 aromatic rings. The van der Waals surface area contributed by atoms with E-state index in [-0.39, 0.29) is 6.04 Å². The molecule has 2 N–H and O–H groups in total. The molecule has 1 saturated heterocycles. The molecule has 0 aromatic carbocycles. The van der Waals surface area contributed by atoms with E-state index >= 15 is 0 Å². The molecule has 0 aromatic heterocycles. The lowest BCUT2D eigenvalue weighted by molar-refractivity contribution is 0.176. The number of ether oxygens (including phenoxy) is 1. The van der Waals surface area contributed by atoms with Crippen LogP contribution in [0.4, 0.5) is 0 Å². The van der Waals surface area contributed by atoms with E-state index < -0.39 is 0 Å². The predicted octanol–water partition coefficient (Wildman–Crippen LogP) is 0.300. The molecule has 0 aliphatic carbocycles. The highest BCUT2D eigenvalue weighted by Crippen LogP contribution is 2.00. The zero-order valence-electron chi connectivity index (χ0n) is 7.59. The third kappa shape index (κ3) is 2.40. The van der Waals surface area contributed by atoms with Crippen LogP contribution < -0.4 is 10.6 Å². The topological polar surface area (TPSA) is 33.3 Å². The molecular weight excluding hydrogens is 172 g/mol. The minimum absolute atomic E-state index is 0.198. The molecule has 0 amide bonds. The molecule has 2 atom stereocenters. The number of nitrogens with one attached hydrogen (secondary N) is 2. The Balaban J connectivity index is 2.41. The van der Waals surface area contributed by atoms with Crippen molar-refractivity contribution in [2.75, 3.05) is 20.3 Å². The molecule has 1 rings (SSSR count). The molecule has 0 bridgehead atoms. The standard InChI is InChI=1S/C8H16N2OS/c1-3-6-4-9-8(12)7(10-6)5-11-2/h6-7,10H,3-5H2,1-2H3,(H,9,12). The first-order chi connectivity index (χ1) is 5.77. The highest BCUT2D eigenvalue weighted by Gasteiger charge is 2.22. The summed E-state index contributed by atoms with van der Waals surface area (Å²) in [5, 5.41) is 6.63. The van der Waals surface area contributed by atoms with Crippen LogP contribution in [-0.4, -0.2) is 37.3 Å². The smallest absolute Gasteiger partial charge is 0.0950 e. The SMILES string of the molecule is CCC1CNC(=S)C(COC)N1. The molecule has 3 nitrogen and oxygen atoms in total. The Labute approximate surface area is 78.9 Å². The van der Waals surface area contributed by atoms with Crippen molar-refractivity contribution >= 4 is 17.2 Å². The second-order valence-electron chi connectivity index (χ2n) is 3.02. The van der Waals surface area contributed by atoms with Crippen LogP contribution in [-0.2, 0) is 4.74 Å². The fourth-order valence-corrected chi connectivity index (χ4v) is 1.54. The van der Waals surface area contributed by atoms with Gasteiger partial charge in [-0.15, -0.1) is 0 Å². The van der Waals surface area contributed by atoms with Gasteiger partial charge >= 0.3 is 0 Å². The lowest BCUT2D eigenvalue weighted by atomic mass is 10.1. The van der Waals surface area contributed by atoms with E-state index in [1.165, 1.54) is 0 Å². The van der Waals surface area contributed by atoms with E-state index in [0.717, 1.165) is 18.0 Å². The average Bonchev–Trinajstić information content (AvgIpc) is 2.09. The fourth-order valence-electron chi connectivity index (χ4n) is 1.32. The van der Waals surface area contributed by atoms with Crippen LogP contribution in [0.15, 0.2) is 0 Å². The van der Waals surface area contributed by atoms with Crippen molar-refractivity contribution in [3.63, 3.8) is 0 Å². The molecule has 0 radical (unpaired) electrons. The molecule has 1 heterocycles. The first-order valence-corrected chi connectivity index (χ1v) is 4.71. The molecule has 1 fully saturated rings. The number of methoxy groups -OCH3 is 1. The fraction of sp³-hybridized carbons (Fsp3) is 0.875. The molecule has 1 aliphatic heterocycles. The average molecular weight is 188 g/mol. The van der Waals surface area contributed by atoms with Gasteiger partial charge in [0.25, 0.3) is 0 Å². The summed E-state index contributed by atoms with van der Waals surface area (Å²) in [5.41, 5.74) is 0. The van der Waals surface area contributed by atoms with Crippen molar-refractivity contribution in [3.05, 3.63) is 0 Å². The summed E-state index contributed by atoms with van der Waals surface area (Å²) in [6.45, 7) is 3.76. The summed E-state index contributed by atoms with van der Waals surface area (Å²) in [6.07, 6.45) is 1.12. The van der Waals surface area contributed by atoms with Gasteiger partial charge in [-0.05, 0) is 6.42 Å². The lowest BCUT2D eigenvalue weighted by Crippen LogP contribution is -2.59. The minimum Gasteiger partial charge on any atom is -0.383 e. The quantitative estimate of drug-likeness (QED) is 0.624. The molecular formula is C8H16N2OS. The molecule has 1 aliphatic rings. The summed E-state index contributed by atoms with van der Waals surface area (Å²) in [7, 11) is 1.69. The van der Waals surface area contributed by atoms with Gasteiger partial charge in [-0.3, -0.25) is 0 Å². The number of piperazine rings is 1. The lowest BCUT2D eigenvalue weighted by Gasteiger charge is -2.31. The van der Waals surface area contributed by atoms with Gasteiger partial charge in [0.15, 0.2) is 0 Å². The molecule has 0 spiro atoms. The highest BCUT2D eigenvalue weighted by atomic mass is 32.1. The van der Waals surface area contributed by atoms with E-state index in [1.54, 1.807) is 7.11 Å². The van der Waals surface area contributed by atoms with E-state index in [0.29, 0.717) is 12.6 Å². The number of hydrogen-bond acceptors (Lipinski definition) is 3. The van der Waals surface area contributed by atoms with Crippen LogP contribution in [0.5, 0.6) is 0 Å². The summed E-state index contributed by atoms with van der Waals surface area (Å²) >= 11 is 5.14. The molecule has 0 saturated carbocycles. The maximum absolute atomic E-state index is 5.14. The van der Waals surface area contributed by atoms with Crippen LogP contribution in [0.3, 0.4) is 0 Å². The van der Waals surface area contributed by atoms with Gasteiger partial charge in [0.05, 0.1) is 17.6 Å². The number of hydrogen-bond donors (Lipinski definition) is 2. The molecule has 4 heteroatoms. The van der Waals surface area contributed by atoms with Crippen molar-refractivity contribution in [2.45, 2.75) is 25.4 Å². The van der Waals surface area contributed by atoms with E-state index in [9.17, 15) is 0 Å². The number of thiocarbonyl (C=S) groups is 1. The highest BCUT2D eigenvalue weighted by molar-refractivity contribution is 7.80. The van der Waals surface area contributed by atoms with Gasteiger partial charge in [0.2, 0.25) is 0 Å². The zero-order valence-corrected chi connectivity index (χ0v) is 8.41. The predicted molar refractivity (Wildman–Crippen MR) is 53.5 cm³/mol. The normalized spacial score (nSPS) is 30.0. The van der Waals surface area contributed by atoms with Crippen LogP contribution >= 0.6 is 12.2 Å². The largest absolute Gasteiger partial charge is 0.383 e. The van der Waals surface area contributed by atoms with Crippen LogP contribution in [0.25, 0.3) is 0 Å². The second-order valence-corrected chi connectivity index (χ2v) is 3.46. The van der Waals surface area contributed by atoms with Gasteiger partial charge < -0.3 is 15.4 Å². The van der Waals surface area contributed by atoms with Crippen molar-refractivity contribution in [1.82, 2.24) is 10.6 Å². The van der Waals surface area contributed by atoms with Gasteiger partial charge in [0.1, 0.15) is 0 Å². The van der Waals surface area contributed by atoms with Crippen LogP contribution in [0, 0.1) is 0 Å². The Kier molecular flexibility index (Phi) is 3.91. The third-order valence-corrected chi connectivity index (χ3v) is 2.53. The van der Waals surface area contributed by atoms with Gasteiger partial charge in [0, 0.05) is 19.7 Å². The van der Waals surface area contributed by atoms with E-state index in [2.05, 4.69) is 17.6 Å². The minimum atomic E-state index is 0.198. The maximum atomic E-state index is 5.14. The summed E-state index contributed by atoms with van der Waals surface area (Å²) in [6, 6.07) is 0.723. The van der Waals surface area contributed by atoms with Gasteiger partial charge in [-0.2, -0.15) is 0 Å². The Morgan fingerprint density at radius 1 is 1.67 bits per heavy atom. The van der Waals surface area contributed by atoms with Crippen molar-refractivity contribution in [1.29, 1.82) is 0 Å². The summed E-state index contributed by atoms with van der Waals surface area (Å²) in [4.78, 5) is 0.876. The molecule has 70 valence electrons. The van der Waals surface area contributed by atoms with E-state index in [1.807, 2.05) is 0 Å². The molecule has 12 heavy (non-hydrogen) atoms. The third-order valence-electron chi connectivity index (χ3n) is 2.10. The van der Waals surface area contributed by atoms with Crippen LogP contribution in [0.1, 0.15) is 13.3 Å². The van der Waals surface area contributed by atoms with E-state index in [4.69, 9.17) is 17.0 Å². The summed E-state index contributed by atoms with van der Waals surface area (Å²) in [5.74, 6) is 0. The molecule has 2 unspecified atom stereocenters. The van der Waals surface area contributed by atoms with Gasteiger partial charge in [-0.1, -0.05) is 19.1 Å². The zero-order chi connectivity index (χ0) is 8.97. The Bertz CT molecular complexity index is 163. The van der Waals surface area contributed by atoms with Crippen molar-refractivity contribution in [2.24, 2.45) is 0 Å².